The van der Waals surface area contributed by atoms with E-state index in [-0.39, 0.29) is 16.5 Å². The smallest absolute Gasteiger partial charge is 0.261 e. The lowest BCUT2D eigenvalue weighted by atomic mass is 9.73. The Balaban J connectivity index is 1.52. The number of ether oxygens (including phenoxy) is 1. The molecule has 0 radical (unpaired) electrons. The molecule has 1 amide bonds. The van der Waals surface area contributed by atoms with Crippen LogP contribution in [0.2, 0.25) is 0 Å². The maximum Gasteiger partial charge on any atom is 0.261 e. The summed E-state index contributed by atoms with van der Waals surface area (Å²) in [7, 11) is -3.90. The van der Waals surface area contributed by atoms with Crippen LogP contribution in [0, 0.1) is 5.82 Å². The fourth-order valence-corrected chi connectivity index (χ4v) is 4.91. The minimum Gasteiger partial charge on any atom is -0.381 e. The summed E-state index contributed by atoms with van der Waals surface area (Å²) >= 11 is 0. The van der Waals surface area contributed by atoms with Crippen molar-refractivity contribution < 1.29 is 22.3 Å². The van der Waals surface area contributed by atoms with Gasteiger partial charge in [-0.15, -0.1) is 0 Å². The number of amides is 1. The molecule has 166 valence electrons. The molecule has 1 aliphatic rings. The van der Waals surface area contributed by atoms with Crippen molar-refractivity contribution in [2.45, 2.75) is 23.2 Å². The van der Waals surface area contributed by atoms with Gasteiger partial charge in [0.15, 0.2) is 0 Å². The Hall–Kier alpha value is -3.23. The molecule has 32 heavy (non-hydrogen) atoms. The van der Waals surface area contributed by atoms with Gasteiger partial charge in [0.05, 0.1) is 16.0 Å². The average Bonchev–Trinajstić information content (AvgIpc) is 2.80. The number of carbonyl (C=O) groups is 1. The van der Waals surface area contributed by atoms with Gasteiger partial charge in [-0.05, 0) is 60.9 Å². The predicted molar refractivity (Wildman–Crippen MR) is 120 cm³/mol. The second-order valence-electron chi connectivity index (χ2n) is 7.65. The van der Waals surface area contributed by atoms with Crippen molar-refractivity contribution in [1.29, 1.82) is 0 Å². The number of hydrogen-bond donors (Lipinski definition) is 2. The van der Waals surface area contributed by atoms with Gasteiger partial charge in [0.25, 0.3) is 10.0 Å². The lowest BCUT2D eigenvalue weighted by Gasteiger charge is -2.36. The average molecular weight is 455 g/mol. The molecule has 0 saturated carbocycles. The third-order valence-corrected chi connectivity index (χ3v) is 7.00. The molecule has 3 aromatic rings. The van der Waals surface area contributed by atoms with Gasteiger partial charge in [-0.1, -0.05) is 36.4 Å². The maximum atomic E-state index is 13.3. The molecule has 1 aliphatic heterocycles. The van der Waals surface area contributed by atoms with Crippen molar-refractivity contribution in [3.05, 3.63) is 90.2 Å². The van der Waals surface area contributed by atoms with E-state index in [2.05, 4.69) is 10.0 Å². The van der Waals surface area contributed by atoms with Crippen molar-refractivity contribution in [2.75, 3.05) is 23.3 Å². The lowest BCUT2D eigenvalue weighted by Crippen LogP contribution is -2.44. The van der Waals surface area contributed by atoms with Gasteiger partial charge in [0.2, 0.25) is 5.91 Å². The van der Waals surface area contributed by atoms with Crippen LogP contribution in [-0.2, 0) is 25.0 Å². The summed E-state index contributed by atoms with van der Waals surface area (Å²) in [5.74, 6) is -0.691. The van der Waals surface area contributed by atoms with Crippen LogP contribution in [0.25, 0.3) is 0 Å². The molecule has 8 heteroatoms. The van der Waals surface area contributed by atoms with Gasteiger partial charge in [-0.25, -0.2) is 12.8 Å². The number of rotatable bonds is 6. The first-order valence-electron chi connectivity index (χ1n) is 10.2. The molecule has 0 spiro atoms. The van der Waals surface area contributed by atoms with Crippen LogP contribution in [0.5, 0.6) is 0 Å². The van der Waals surface area contributed by atoms with Gasteiger partial charge >= 0.3 is 0 Å². The summed E-state index contributed by atoms with van der Waals surface area (Å²) in [5, 5.41) is 2.93. The molecule has 0 atom stereocenters. The monoisotopic (exact) mass is 454 g/mol. The Morgan fingerprint density at radius 3 is 2.22 bits per heavy atom. The molecule has 0 unspecified atom stereocenters. The number of nitrogens with one attached hydrogen (secondary N) is 2. The number of carbonyl (C=O) groups excluding carboxylic acids is 1. The largest absolute Gasteiger partial charge is 0.381 e. The second kappa shape index (κ2) is 9.10. The Labute approximate surface area is 186 Å². The number of hydrogen-bond acceptors (Lipinski definition) is 4. The Bertz CT molecular complexity index is 1190. The number of halogens is 1. The van der Waals surface area contributed by atoms with E-state index in [1.54, 1.807) is 0 Å². The van der Waals surface area contributed by atoms with Crippen LogP contribution in [-0.4, -0.2) is 27.5 Å². The fourth-order valence-electron chi connectivity index (χ4n) is 3.86. The van der Waals surface area contributed by atoms with Crippen molar-refractivity contribution >= 4 is 27.3 Å². The minimum absolute atomic E-state index is 0.00333. The van der Waals surface area contributed by atoms with Gasteiger partial charge in [-0.2, -0.15) is 0 Å². The topological polar surface area (TPSA) is 84.5 Å². The van der Waals surface area contributed by atoms with Crippen LogP contribution in [0.3, 0.4) is 0 Å². The van der Waals surface area contributed by atoms with E-state index < -0.39 is 21.3 Å². The standard InChI is InChI=1S/C24H23FN2O4S/c25-19-7-4-8-21(17-19)27-32(29,30)22-11-9-20(10-12-22)26-23(28)24(13-15-31-16-14-24)18-5-2-1-3-6-18/h1-12,17,27H,13-16H2,(H,26,28). The Kier molecular flexibility index (Phi) is 6.25. The first kappa shape index (κ1) is 22.0. The van der Waals surface area contributed by atoms with E-state index in [0.29, 0.717) is 31.7 Å². The van der Waals surface area contributed by atoms with Crippen molar-refractivity contribution in [2.24, 2.45) is 0 Å². The molecule has 1 heterocycles. The normalized spacial score (nSPS) is 15.7. The van der Waals surface area contributed by atoms with Crippen molar-refractivity contribution in [3.63, 3.8) is 0 Å². The summed E-state index contributed by atoms with van der Waals surface area (Å²) in [4.78, 5) is 13.3. The van der Waals surface area contributed by atoms with Gasteiger partial charge in [-0.3, -0.25) is 9.52 Å². The van der Waals surface area contributed by atoms with Crippen LogP contribution in [0.4, 0.5) is 15.8 Å². The molecular weight excluding hydrogens is 431 g/mol. The maximum absolute atomic E-state index is 13.3. The van der Waals surface area contributed by atoms with Gasteiger partial charge in [0, 0.05) is 18.9 Å². The molecule has 3 aromatic carbocycles. The van der Waals surface area contributed by atoms with Crippen molar-refractivity contribution in [3.8, 4) is 0 Å². The zero-order chi connectivity index (χ0) is 22.6. The summed E-state index contributed by atoms with van der Waals surface area (Å²) in [6, 6.07) is 20.7. The number of anilines is 2. The van der Waals surface area contributed by atoms with Crippen LogP contribution in [0.15, 0.2) is 83.8 Å². The SMILES string of the molecule is O=C(Nc1ccc(S(=O)(=O)Nc2cccc(F)c2)cc1)C1(c2ccccc2)CCOCC1. The molecular formula is C24H23FN2O4S. The van der Waals surface area contributed by atoms with E-state index in [4.69, 9.17) is 4.74 Å². The highest BCUT2D eigenvalue weighted by molar-refractivity contribution is 7.92. The predicted octanol–water partition coefficient (Wildman–Crippen LogP) is 4.31. The molecule has 6 nitrogen and oxygen atoms in total. The zero-order valence-electron chi connectivity index (χ0n) is 17.3. The first-order valence-corrected chi connectivity index (χ1v) is 11.7. The van der Waals surface area contributed by atoms with E-state index in [1.165, 1.54) is 42.5 Å². The van der Waals surface area contributed by atoms with Gasteiger partial charge < -0.3 is 10.1 Å². The second-order valence-corrected chi connectivity index (χ2v) is 9.34. The number of benzene rings is 3. The van der Waals surface area contributed by atoms with Crippen LogP contribution in [0.1, 0.15) is 18.4 Å². The third kappa shape index (κ3) is 4.66. The first-order chi connectivity index (χ1) is 15.4. The van der Waals surface area contributed by atoms with E-state index >= 15 is 0 Å². The van der Waals surface area contributed by atoms with Crippen molar-refractivity contribution in [1.82, 2.24) is 0 Å². The molecule has 1 saturated heterocycles. The van der Waals surface area contributed by atoms with E-state index in [0.717, 1.165) is 11.6 Å². The molecule has 0 aliphatic carbocycles. The quantitative estimate of drug-likeness (QED) is 0.581. The lowest BCUT2D eigenvalue weighted by molar-refractivity contribution is -0.125. The highest BCUT2D eigenvalue weighted by Crippen LogP contribution is 2.36. The summed E-state index contributed by atoms with van der Waals surface area (Å²) in [5.41, 5.74) is 0.843. The summed E-state index contributed by atoms with van der Waals surface area (Å²) in [6.07, 6.45) is 1.12. The highest BCUT2D eigenvalue weighted by Gasteiger charge is 2.41. The fraction of sp³-hybridized carbons (Fsp3) is 0.208. The van der Waals surface area contributed by atoms with Crippen LogP contribution >= 0.6 is 0 Å². The van der Waals surface area contributed by atoms with E-state index in [1.807, 2.05) is 30.3 Å². The molecule has 1 fully saturated rings. The summed E-state index contributed by atoms with van der Waals surface area (Å²) < 4.78 is 46.4. The zero-order valence-corrected chi connectivity index (χ0v) is 18.1. The Morgan fingerprint density at radius 2 is 1.56 bits per heavy atom. The number of sulfonamides is 1. The molecule has 0 aromatic heterocycles. The minimum atomic E-state index is -3.90. The Morgan fingerprint density at radius 1 is 0.875 bits per heavy atom. The van der Waals surface area contributed by atoms with Gasteiger partial charge in [0.1, 0.15) is 5.82 Å². The summed E-state index contributed by atoms with van der Waals surface area (Å²) in [6.45, 7) is 0.983. The highest BCUT2D eigenvalue weighted by atomic mass is 32.2. The molecule has 2 N–H and O–H groups in total. The molecule has 0 bridgehead atoms. The molecule has 4 rings (SSSR count). The van der Waals surface area contributed by atoms with E-state index in [9.17, 15) is 17.6 Å². The third-order valence-electron chi connectivity index (χ3n) is 5.61. The van der Waals surface area contributed by atoms with Crippen LogP contribution < -0.4 is 10.0 Å².